The van der Waals surface area contributed by atoms with Crippen molar-refractivity contribution in [3.05, 3.63) is 187 Å². The van der Waals surface area contributed by atoms with Crippen LogP contribution in [-0.2, 0) is 5.54 Å². The van der Waals surface area contributed by atoms with E-state index >= 15 is 0 Å². The van der Waals surface area contributed by atoms with Gasteiger partial charge in [-0.15, -0.1) is 0 Å². The van der Waals surface area contributed by atoms with Gasteiger partial charge < -0.3 is 4.57 Å². The van der Waals surface area contributed by atoms with Crippen LogP contribution >= 0.6 is 0 Å². The highest BCUT2D eigenvalue weighted by molar-refractivity contribution is 6.15. The van der Waals surface area contributed by atoms with Gasteiger partial charge in [-0.3, -0.25) is 9.97 Å². The van der Waals surface area contributed by atoms with Crippen molar-refractivity contribution in [2.75, 3.05) is 0 Å². The van der Waals surface area contributed by atoms with Gasteiger partial charge >= 0.3 is 0 Å². The summed E-state index contributed by atoms with van der Waals surface area (Å²) in [5.74, 6) is 0. The van der Waals surface area contributed by atoms with Crippen LogP contribution in [0.5, 0.6) is 0 Å². The summed E-state index contributed by atoms with van der Waals surface area (Å²) in [5.41, 5.74) is 16.4. The Kier molecular flexibility index (Phi) is 5.56. The largest absolute Gasteiger partial charge is 0.321 e. The van der Waals surface area contributed by atoms with Crippen molar-refractivity contribution in [3.8, 4) is 56.2 Å². The number of hydrogen-bond donors (Lipinski definition) is 0. The van der Waals surface area contributed by atoms with Crippen LogP contribution in [-0.4, -0.2) is 19.5 Å². The Morgan fingerprint density at radius 3 is 1.68 bits per heavy atom. The van der Waals surface area contributed by atoms with E-state index in [-0.39, 0.29) is 0 Å². The number of benzene rings is 5. The summed E-state index contributed by atoms with van der Waals surface area (Å²) in [4.78, 5) is 14.4. The molecule has 0 saturated carbocycles. The first-order valence-corrected chi connectivity index (χ1v) is 17.0. The Labute approximate surface area is 289 Å². The molecular formula is C46H28N4. The van der Waals surface area contributed by atoms with Crippen LogP contribution in [0.4, 0.5) is 0 Å². The predicted octanol–water partition coefficient (Wildman–Crippen LogP) is 10.8. The van der Waals surface area contributed by atoms with E-state index < -0.39 is 5.54 Å². The van der Waals surface area contributed by atoms with Crippen molar-refractivity contribution in [2.24, 2.45) is 0 Å². The van der Waals surface area contributed by atoms with E-state index in [1.807, 2.05) is 48.8 Å². The molecule has 1 atom stereocenters. The Balaban J connectivity index is 1.26. The molecule has 9 aromatic rings. The van der Waals surface area contributed by atoms with Gasteiger partial charge in [-0.1, -0.05) is 109 Å². The molecule has 1 unspecified atom stereocenters. The number of hydrogen-bond acceptors (Lipinski definition) is 3. The summed E-state index contributed by atoms with van der Waals surface area (Å²) in [6.45, 7) is 0. The first kappa shape index (κ1) is 27.3. The standard InChI is InChI=1S/C46H28N4/c1-4-17-37-31(12-1)33-23-22-29(30-27-42(40-19-7-9-24-47-40)49-43(28-30)41-20-8-10-25-48-41)26-39(33)46(37)38-18-5-2-13-32(38)35-15-11-16-36-34-14-3-6-21-44(34)50(46)45(35)36/h1-28H. The van der Waals surface area contributed by atoms with Gasteiger partial charge in [-0.25, -0.2) is 4.98 Å². The summed E-state index contributed by atoms with van der Waals surface area (Å²) in [5, 5.41) is 2.55. The van der Waals surface area contributed by atoms with E-state index in [0.717, 1.165) is 33.9 Å². The van der Waals surface area contributed by atoms with Crippen molar-refractivity contribution >= 4 is 21.8 Å². The first-order valence-electron chi connectivity index (χ1n) is 17.0. The molecule has 0 saturated heterocycles. The average molecular weight is 637 g/mol. The molecule has 0 bridgehead atoms. The second-order valence-corrected chi connectivity index (χ2v) is 13.2. The third kappa shape index (κ3) is 3.57. The lowest BCUT2D eigenvalue weighted by Crippen LogP contribution is -2.38. The first-order chi connectivity index (χ1) is 24.8. The molecule has 5 aromatic carbocycles. The SMILES string of the molecule is c1ccc(-c2cc(-c3ccc4c(c3)C3(c5ccccc5-4)c4ccccc4-c4cccc5c6ccccc6n3c45)cc(-c3ccccn3)n2)nc1. The van der Waals surface area contributed by atoms with Gasteiger partial charge in [-0.2, -0.15) is 0 Å². The fourth-order valence-corrected chi connectivity index (χ4v) is 8.69. The molecule has 1 aliphatic heterocycles. The molecule has 2 aliphatic rings. The third-order valence-electron chi connectivity index (χ3n) is 10.7. The van der Waals surface area contributed by atoms with Crippen LogP contribution in [0.25, 0.3) is 78.0 Å². The fourth-order valence-electron chi connectivity index (χ4n) is 8.69. The Bertz CT molecular complexity index is 2760. The molecule has 232 valence electrons. The highest BCUT2D eigenvalue weighted by Gasteiger charge is 2.51. The third-order valence-corrected chi connectivity index (χ3v) is 10.7. The topological polar surface area (TPSA) is 43.6 Å². The van der Waals surface area contributed by atoms with Crippen LogP contribution in [0.3, 0.4) is 0 Å². The lowest BCUT2D eigenvalue weighted by atomic mass is 9.74. The Morgan fingerprint density at radius 1 is 0.400 bits per heavy atom. The molecule has 0 amide bonds. The molecule has 1 spiro atoms. The van der Waals surface area contributed by atoms with Crippen molar-refractivity contribution in [1.82, 2.24) is 19.5 Å². The number of fused-ring (bicyclic) bond motifs is 12. The molecule has 0 fully saturated rings. The van der Waals surface area contributed by atoms with Gasteiger partial charge in [0.15, 0.2) is 0 Å². The summed E-state index contributed by atoms with van der Waals surface area (Å²) >= 11 is 0. The van der Waals surface area contributed by atoms with Gasteiger partial charge in [0, 0.05) is 28.7 Å². The number of pyridine rings is 3. The smallest absolute Gasteiger partial charge is 0.123 e. The molecule has 4 heteroatoms. The van der Waals surface area contributed by atoms with E-state index in [0.29, 0.717) is 0 Å². The van der Waals surface area contributed by atoms with Crippen LogP contribution < -0.4 is 0 Å². The average Bonchev–Trinajstić information content (AvgIpc) is 3.68. The summed E-state index contributed by atoms with van der Waals surface area (Å²) in [6, 6.07) is 57.0. The molecular weight excluding hydrogens is 609 g/mol. The molecule has 4 aromatic heterocycles. The molecule has 11 rings (SSSR count). The van der Waals surface area contributed by atoms with Crippen molar-refractivity contribution in [3.63, 3.8) is 0 Å². The monoisotopic (exact) mass is 636 g/mol. The fraction of sp³-hybridized carbons (Fsp3) is 0.0217. The van der Waals surface area contributed by atoms with Crippen LogP contribution in [0, 0.1) is 0 Å². The Morgan fingerprint density at radius 2 is 0.980 bits per heavy atom. The van der Waals surface area contributed by atoms with Crippen molar-refractivity contribution < 1.29 is 0 Å². The van der Waals surface area contributed by atoms with Crippen molar-refractivity contribution in [2.45, 2.75) is 5.54 Å². The minimum Gasteiger partial charge on any atom is -0.321 e. The van der Waals surface area contributed by atoms with Gasteiger partial charge in [0.05, 0.1) is 33.8 Å². The minimum atomic E-state index is -0.588. The van der Waals surface area contributed by atoms with Gasteiger partial charge in [0.2, 0.25) is 0 Å². The molecule has 50 heavy (non-hydrogen) atoms. The maximum atomic E-state index is 5.07. The summed E-state index contributed by atoms with van der Waals surface area (Å²) < 4.78 is 2.65. The lowest BCUT2D eigenvalue weighted by Gasteiger charge is -2.41. The predicted molar refractivity (Wildman–Crippen MR) is 202 cm³/mol. The molecule has 5 heterocycles. The Hall–Kier alpha value is -6.65. The lowest BCUT2D eigenvalue weighted by molar-refractivity contribution is 0.560. The second-order valence-electron chi connectivity index (χ2n) is 13.2. The minimum absolute atomic E-state index is 0.588. The summed E-state index contributed by atoms with van der Waals surface area (Å²) in [6.07, 6.45) is 3.64. The van der Waals surface area contributed by atoms with E-state index in [1.54, 1.807) is 0 Å². The van der Waals surface area contributed by atoms with Crippen molar-refractivity contribution in [1.29, 1.82) is 0 Å². The molecule has 0 radical (unpaired) electrons. The van der Waals surface area contributed by atoms with Crippen LogP contribution in [0.2, 0.25) is 0 Å². The van der Waals surface area contributed by atoms with E-state index in [2.05, 4.69) is 136 Å². The second kappa shape index (κ2) is 10.2. The zero-order valence-electron chi connectivity index (χ0n) is 27.0. The number of nitrogens with zero attached hydrogens (tertiary/aromatic N) is 4. The van der Waals surface area contributed by atoms with Crippen LogP contribution in [0.15, 0.2) is 170 Å². The molecule has 4 nitrogen and oxygen atoms in total. The molecule has 1 aliphatic carbocycles. The zero-order valence-corrected chi connectivity index (χ0v) is 27.0. The number of rotatable bonds is 3. The number of para-hydroxylation sites is 2. The van der Waals surface area contributed by atoms with Gasteiger partial charge in [0.1, 0.15) is 5.54 Å². The van der Waals surface area contributed by atoms with E-state index in [9.17, 15) is 0 Å². The highest BCUT2D eigenvalue weighted by Crippen LogP contribution is 2.60. The van der Waals surface area contributed by atoms with Gasteiger partial charge in [0.25, 0.3) is 0 Å². The zero-order chi connectivity index (χ0) is 32.8. The van der Waals surface area contributed by atoms with E-state index in [1.165, 1.54) is 60.8 Å². The maximum absolute atomic E-state index is 5.07. The van der Waals surface area contributed by atoms with E-state index in [4.69, 9.17) is 4.98 Å². The summed E-state index contributed by atoms with van der Waals surface area (Å²) in [7, 11) is 0. The maximum Gasteiger partial charge on any atom is 0.123 e. The quantitative estimate of drug-likeness (QED) is 0.194. The highest BCUT2D eigenvalue weighted by atomic mass is 15.1. The molecule has 0 N–H and O–H groups in total. The number of aromatic nitrogens is 4. The van der Waals surface area contributed by atoms with Crippen LogP contribution in [0.1, 0.15) is 16.7 Å². The van der Waals surface area contributed by atoms with Gasteiger partial charge in [-0.05, 0) is 93.0 Å². The normalized spacial score (nSPS) is 15.3.